The van der Waals surface area contributed by atoms with Crippen LogP contribution in [0, 0.1) is 0 Å². The largest absolute Gasteiger partial charge is 0.480 e. The third-order valence-corrected chi connectivity index (χ3v) is 0.872. The summed E-state index contributed by atoms with van der Waals surface area (Å²) in [7, 11) is 0. The van der Waals surface area contributed by atoms with Crippen molar-refractivity contribution in [3.05, 3.63) is 0 Å². The van der Waals surface area contributed by atoms with Crippen LogP contribution in [0.4, 0.5) is 4.39 Å². The molecule has 1 amide bonds. The van der Waals surface area contributed by atoms with Gasteiger partial charge in [0.15, 0.2) is 0 Å². The van der Waals surface area contributed by atoms with Gasteiger partial charge < -0.3 is 16.6 Å². The topological polar surface area (TPSA) is 106 Å². The predicted octanol–water partition coefficient (Wildman–Crippen LogP) is -1.78. The van der Waals surface area contributed by atoms with Crippen molar-refractivity contribution >= 4 is 11.9 Å². The lowest BCUT2D eigenvalue weighted by atomic mass is 10.2. The number of aliphatic carboxylic acids is 1. The average molecular weight is 150 g/mol. The van der Waals surface area contributed by atoms with Crippen molar-refractivity contribution in [1.82, 2.24) is 0 Å². The molecular formula is C4H7FN2O3. The second-order valence-electron chi connectivity index (χ2n) is 1.67. The lowest BCUT2D eigenvalue weighted by Gasteiger charge is -2.07. The minimum Gasteiger partial charge on any atom is -0.480 e. The van der Waals surface area contributed by atoms with E-state index in [4.69, 9.17) is 5.11 Å². The van der Waals surface area contributed by atoms with Crippen LogP contribution in [0.1, 0.15) is 0 Å². The number of carbonyl (C=O) groups excluding carboxylic acids is 1. The average Bonchev–Trinajstić information content (AvgIpc) is 1.84. The molecule has 2 atom stereocenters. The number of halogens is 1. The van der Waals surface area contributed by atoms with Crippen LogP contribution >= 0.6 is 0 Å². The highest BCUT2D eigenvalue weighted by Crippen LogP contribution is 1.94. The van der Waals surface area contributed by atoms with Crippen LogP contribution in [0.15, 0.2) is 0 Å². The van der Waals surface area contributed by atoms with Crippen LogP contribution in [0.25, 0.3) is 0 Å². The molecule has 0 fully saturated rings. The van der Waals surface area contributed by atoms with Crippen LogP contribution in [-0.2, 0) is 9.59 Å². The number of hydrogen-bond acceptors (Lipinski definition) is 3. The molecule has 6 heteroatoms. The molecule has 1 unspecified atom stereocenters. The summed E-state index contributed by atoms with van der Waals surface area (Å²) in [5, 5.41) is 8.03. The molecule has 0 aliphatic heterocycles. The van der Waals surface area contributed by atoms with E-state index in [1.807, 2.05) is 0 Å². The number of carboxylic acids is 1. The summed E-state index contributed by atoms with van der Waals surface area (Å²) in [6.45, 7) is 0. The Morgan fingerprint density at radius 1 is 1.50 bits per heavy atom. The van der Waals surface area contributed by atoms with E-state index in [9.17, 15) is 14.0 Å². The zero-order chi connectivity index (χ0) is 8.31. The molecule has 0 bridgehead atoms. The molecule has 0 rings (SSSR count). The van der Waals surface area contributed by atoms with Gasteiger partial charge in [0.1, 0.15) is 6.04 Å². The maximum absolute atomic E-state index is 12.2. The highest BCUT2D eigenvalue weighted by molar-refractivity contribution is 5.87. The maximum atomic E-state index is 12.2. The van der Waals surface area contributed by atoms with Crippen molar-refractivity contribution in [2.24, 2.45) is 11.5 Å². The van der Waals surface area contributed by atoms with Crippen LogP contribution in [0.2, 0.25) is 0 Å². The Morgan fingerprint density at radius 3 is 2.00 bits per heavy atom. The van der Waals surface area contributed by atoms with Crippen molar-refractivity contribution in [3.8, 4) is 0 Å². The summed E-state index contributed by atoms with van der Waals surface area (Å²) < 4.78 is 12.2. The van der Waals surface area contributed by atoms with Gasteiger partial charge >= 0.3 is 5.97 Å². The number of primary amides is 1. The van der Waals surface area contributed by atoms with Crippen molar-refractivity contribution in [1.29, 1.82) is 0 Å². The molecule has 0 aliphatic rings. The van der Waals surface area contributed by atoms with E-state index in [1.165, 1.54) is 0 Å². The monoisotopic (exact) mass is 150 g/mol. The second kappa shape index (κ2) is 3.11. The van der Waals surface area contributed by atoms with Gasteiger partial charge in [-0.25, -0.2) is 4.39 Å². The van der Waals surface area contributed by atoms with E-state index in [-0.39, 0.29) is 0 Å². The van der Waals surface area contributed by atoms with Crippen LogP contribution in [-0.4, -0.2) is 29.2 Å². The summed E-state index contributed by atoms with van der Waals surface area (Å²) in [4.78, 5) is 19.8. The Labute approximate surface area is 55.8 Å². The molecule has 0 radical (unpaired) electrons. The van der Waals surface area contributed by atoms with Gasteiger partial charge in [0, 0.05) is 0 Å². The van der Waals surface area contributed by atoms with Gasteiger partial charge in [0.25, 0.3) is 5.91 Å². The minimum absolute atomic E-state index is 1.37. The fourth-order valence-corrected chi connectivity index (χ4v) is 0.302. The molecule has 0 heterocycles. The van der Waals surface area contributed by atoms with Crippen LogP contribution < -0.4 is 11.5 Å². The van der Waals surface area contributed by atoms with Gasteiger partial charge in [-0.1, -0.05) is 0 Å². The second-order valence-corrected chi connectivity index (χ2v) is 1.67. The summed E-state index contributed by atoms with van der Waals surface area (Å²) in [5.41, 5.74) is 9.10. The fraction of sp³-hybridized carbons (Fsp3) is 0.500. The first-order chi connectivity index (χ1) is 4.46. The molecular weight excluding hydrogens is 143 g/mol. The normalized spacial score (nSPS) is 15.8. The first kappa shape index (κ1) is 8.83. The summed E-state index contributed by atoms with van der Waals surface area (Å²) in [5.74, 6) is -2.96. The van der Waals surface area contributed by atoms with Gasteiger partial charge in [-0.3, -0.25) is 9.59 Å². The van der Waals surface area contributed by atoms with E-state index in [1.54, 1.807) is 0 Å². The number of carbonyl (C=O) groups is 2. The number of alkyl halides is 1. The van der Waals surface area contributed by atoms with Crippen molar-refractivity contribution in [2.45, 2.75) is 12.2 Å². The summed E-state index contributed by atoms with van der Waals surface area (Å²) in [6, 6.07) is -1.86. The van der Waals surface area contributed by atoms with Gasteiger partial charge in [-0.15, -0.1) is 0 Å². The predicted molar refractivity (Wildman–Crippen MR) is 29.7 cm³/mol. The minimum atomic E-state index is -2.32. The van der Waals surface area contributed by atoms with Gasteiger partial charge in [-0.2, -0.15) is 0 Å². The molecule has 0 aromatic heterocycles. The zero-order valence-corrected chi connectivity index (χ0v) is 4.95. The van der Waals surface area contributed by atoms with Crippen LogP contribution in [0.3, 0.4) is 0 Å². The van der Waals surface area contributed by atoms with Gasteiger partial charge in [0.05, 0.1) is 0 Å². The number of hydrogen-bond donors (Lipinski definition) is 3. The zero-order valence-electron chi connectivity index (χ0n) is 4.95. The fourth-order valence-electron chi connectivity index (χ4n) is 0.302. The molecule has 0 aromatic carbocycles. The molecule has 0 saturated heterocycles. The number of amides is 1. The Hall–Kier alpha value is -1.17. The molecule has 10 heavy (non-hydrogen) atoms. The summed E-state index contributed by atoms with van der Waals surface area (Å²) >= 11 is 0. The van der Waals surface area contributed by atoms with Crippen molar-refractivity contribution < 1.29 is 19.1 Å². The highest BCUT2D eigenvalue weighted by atomic mass is 19.1. The molecule has 58 valence electrons. The van der Waals surface area contributed by atoms with E-state index >= 15 is 0 Å². The molecule has 0 aromatic rings. The van der Waals surface area contributed by atoms with Crippen LogP contribution in [0.5, 0.6) is 0 Å². The Bertz CT molecular complexity index is 143. The number of carboxylic acid groups (broad SMARTS) is 1. The molecule has 0 spiro atoms. The van der Waals surface area contributed by atoms with E-state index in [0.29, 0.717) is 0 Å². The Balaban J connectivity index is 4.07. The molecule has 5 N–H and O–H groups in total. The van der Waals surface area contributed by atoms with E-state index in [0.717, 1.165) is 0 Å². The van der Waals surface area contributed by atoms with Crippen molar-refractivity contribution in [2.75, 3.05) is 0 Å². The number of rotatable bonds is 3. The quantitative estimate of drug-likeness (QED) is 0.442. The van der Waals surface area contributed by atoms with Gasteiger partial charge in [0.2, 0.25) is 6.17 Å². The third kappa shape index (κ3) is 1.98. The number of nitrogens with two attached hydrogens (primary N) is 2. The lowest BCUT2D eigenvalue weighted by Crippen LogP contribution is -2.46. The highest BCUT2D eigenvalue weighted by Gasteiger charge is 2.28. The first-order valence-corrected chi connectivity index (χ1v) is 2.38. The van der Waals surface area contributed by atoms with E-state index in [2.05, 4.69) is 11.5 Å². The standard InChI is InChI=1S/C4H7FN2O3/c5-1(3(7)8)2(6)4(9)10/h1-2H,6H2,(H2,7,8)(H,9,10)/t1?,2-/m0/s1. The SMILES string of the molecule is NC(=O)C(F)[C@H](N)C(=O)O. The summed E-state index contributed by atoms with van der Waals surface area (Å²) in [6.07, 6.45) is -2.32. The van der Waals surface area contributed by atoms with Crippen molar-refractivity contribution in [3.63, 3.8) is 0 Å². The van der Waals surface area contributed by atoms with E-state index < -0.39 is 24.1 Å². The Morgan fingerprint density at radius 2 is 1.90 bits per heavy atom. The Kier molecular flexibility index (Phi) is 2.75. The lowest BCUT2D eigenvalue weighted by molar-refractivity contribution is -0.142. The molecule has 0 saturated carbocycles. The first-order valence-electron chi connectivity index (χ1n) is 2.38. The van der Waals surface area contributed by atoms with Gasteiger partial charge in [-0.05, 0) is 0 Å². The maximum Gasteiger partial charge on any atom is 0.324 e. The molecule has 0 aliphatic carbocycles. The third-order valence-electron chi connectivity index (χ3n) is 0.872. The molecule has 5 nitrogen and oxygen atoms in total. The smallest absolute Gasteiger partial charge is 0.324 e.